The first-order valence-corrected chi connectivity index (χ1v) is 11.7. The van der Waals surface area contributed by atoms with Crippen molar-refractivity contribution in [2.45, 2.75) is 38.9 Å². The predicted molar refractivity (Wildman–Crippen MR) is 115 cm³/mol. The molecule has 168 valence electrons. The molecule has 0 aliphatic rings. The molecular formula is C19H27FN2O6S2. The van der Waals surface area contributed by atoms with Crippen LogP contribution in [-0.2, 0) is 14.3 Å². The van der Waals surface area contributed by atoms with Gasteiger partial charge in [-0.25, -0.2) is 9.18 Å². The number of aliphatic carboxylic acids is 1. The highest BCUT2D eigenvalue weighted by Gasteiger charge is 2.23. The zero-order valence-electron chi connectivity index (χ0n) is 17.1. The lowest BCUT2D eigenvalue weighted by molar-refractivity contribution is -0.136. The zero-order valence-corrected chi connectivity index (χ0v) is 18.7. The van der Waals surface area contributed by atoms with Crippen LogP contribution in [0.1, 0.15) is 27.2 Å². The summed E-state index contributed by atoms with van der Waals surface area (Å²) in [7, 11) is 2.85. The Balaban J connectivity index is 2.54. The van der Waals surface area contributed by atoms with Crippen LogP contribution in [0.3, 0.4) is 0 Å². The van der Waals surface area contributed by atoms with Crippen LogP contribution in [0.5, 0.6) is 5.75 Å². The molecule has 1 aromatic carbocycles. The van der Waals surface area contributed by atoms with Crippen molar-refractivity contribution in [2.24, 2.45) is 0 Å². The summed E-state index contributed by atoms with van der Waals surface area (Å²) in [4.78, 5) is 34.8. The number of carbonyl (C=O) groups is 3. The molecule has 3 N–H and O–H groups in total. The molecule has 0 bridgehead atoms. The van der Waals surface area contributed by atoms with Gasteiger partial charge in [-0.15, -0.1) is 0 Å². The van der Waals surface area contributed by atoms with Crippen LogP contribution in [0.4, 0.5) is 9.18 Å². The Labute approximate surface area is 183 Å². The average molecular weight is 463 g/mol. The van der Waals surface area contributed by atoms with E-state index < -0.39 is 35.5 Å². The van der Waals surface area contributed by atoms with Crippen LogP contribution < -0.4 is 15.4 Å². The first kappa shape index (κ1) is 25.9. The zero-order chi connectivity index (χ0) is 22.6. The maximum atomic E-state index is 13.1. The molecule has 0 aromatic heterocycles. The minimum absolute atomic E-state index is 0.0773. The van der Waals surface area contributed by atoms with Gasteiger partial charge in [-0.3, -0.25) is 9.59 Å². The van der Waals surface area contributed by atoms with E-state index in [9.17, 15) is 18.8 Å². The maximum absolute atomic E-state index is 13.1. The Hall–Kier alpha value is -2.14. The number of hydrogen-bond acceptors (Lipinski definition) is 7. The van der Waals surface area contributed by atoms with E-state index in [0.29, 0.717) is 18.1 Å². The summed E-state index contributed by atoms with van der Waals surface area (Å²) in [5.74, 6) is -0.418. The molecule has 11 heteroatoms. The second-order valence-corrected chi connectivity index (χ2v) is 9.72. The van der Waals surface area contributed by atoms with E-state index in [0.717, 1.165) is 0 Å². The number of amides is 2. The lowest BCUT2D eigenvalue weighted by Crippen LogP contribution is -2.47. The number of alkyl carbamates (subject to hydrolysis) is 1. The van der Waals surface area contributed by atoms with Gasteiger partial charge in [0, 0.05) is 18.1 Å². The van der Waals surface area contributed by atoms with Gasteiger partial charge in [-0.2, -0.15) is 0 Å². The van der Waals surface area contributed by atoms with Gasteiger partial charge in [0.15, 0.2) is 6.10 Å². The van der Waals surface area contributed by atoms with Crippen molar-refractivity contribution in [3.05, 3.63) is 30.1 Å². The fourth-order valence-electron chi connectivity index (χ4n) is 1.93. The number of ether oxygens (including phenoxy) is 2. The topological polar surface area (TPSA) is 114 Å². The van der Waals surface area contributed by atoms with Crippen molar-refractivity contribution in [3.63, 3.8) is 0 Å². The van der Waals surface area contributed by atoms with E-state index in [1.54, 1.807) is 20.8 Å². The summed E-state index contributed by atoms with van der Waals surface area (Å²) in [5.41, 5.74) is -0.685. The minimum Gasteiger partial charge on any atom is -0.481 e. The van der Waals surface area contributed by atoms with E-state index in [4.69, 9.17) is 14.6 Å². The summed E-state index contributed by atoms with van der Waals surface area (Å²) in [5, 5.41) is 13.8. The molecule has 1 unspecified atom stereocenters. The van der Waals surface area contributed by atoms with Gasteiger partial charge in [0.1, 0.15) is 17.2 Å². The third-order valence-corrected chi connectivity index (χ3v) is 5.59. The summed E-state index contributed by atoms with van der Waals surface area (Å²) in [6.07, 6.45) is -1.66. The molecule has 1 rings (SSSR count). The van der Waals surface area contributed by atoms with Gasteiger partial charge in [0.25, 0.3) is 5.91 Å². The largest absolute Gasteiger partial charge is 0.481 e. The van der Waals surface area contributed by atoms with Crippen molar-refractivity contribution in [1.82, 2.24) is 10.6 Å². The monoisotopic (exact) mass is 462 g/mol. The van der Waals surface area contributed by atoms with E-state index in [2.05, 4.69) is 10.6 Å². The van der Waals surface area contributed by atoms with Gasteiger partial charge in [-0.05, 0) is 45.0 Å². The molecule has 0 spiro atoms. The van der Waals surface area contributed by atoms with Gasteiger partial charge in [-0.1, -0.05) is 21.6 Å². The Morgan fingerprint density at radius 3 is 2.33 bits per heavy atom. The van der Waals surface area contributed by atoms with Gasteiger partial charge < -0.3 is 25.2 Å². The number of benzene rings is 1. The molecule has 0 heterocycles. The van der Waals surface area contributed by atoms with Crippen LogP contribution in [0, 0.1) is 5.82 Å². The number of nitrogens with one attached hydrogen (secondary N) is 2. The molecular weight excluding hydrogens is 435 g/mol. The molecule has 30 heavy (non-hydrogen) atoms. The summed E-state index contributed by atoms with van der Waals surface area (Å²) in [6.45, 7) is 5.35. The van der Waals surface area contributed by atoms with Gasteiger partial charge >= 0.3 is 12.1 Å². The van der Waals surface area contributed by atoms with E-state index >= 15 is 0 Å². The number of carbonyl (C=O) groups excluding carboxylic acids is 2. The fourth-order valence-corrected chi connectivity index (χ4v) is 3.82. The third kappa shape index (κ3) is 12.4. The number of hydrogen-bond donors (Lipinski definition) is 3. The van der Waals surface area contributed by atoms with Crippen molar-refractivity contribution in [1.29, 1.82) is 0 Å². The van der Waals surface area contributed by atoms with Crippen LogP contribution >= 0.6 is 21.6 Å². The highest BCUT2D eigenvalue weighted by molar-refractivity contribution is 8.76. The van der Waals surface area contributed by atoms with E-state index in [-0.39, 0.29) is 18.7 Å². The number of halogens is 1. The lowest BCUT2D eigenvalue weighted by atomic mass is 10.2. The van der Waals surface area contributed by atoms with Crippen LogP contribution in [0.15, 0.2) is 24.3 Å². The highest BCUT2D eigenvalue weighted by atomic mass is 33.1. The molecule has 8 nitrogen and oxygen atoms in total. The Bertz CT molecular complexity index is 697. The Morgan fingerprint density at radius 1 is 1.10 bits per heavy atom. The molecule has 0 fully saturated rings. The van der Waals surface area contributed by atoms with Crippen LogP contribution in [0.2, 0.25) is 0 Å². The highest BCUT2D eigenvalue weighted by Crippen LogP contribution is 2.21. The first-order valence-electron chi connectivity index (χ1n) is 9.20. The molecule has 0 saturated carbocycles. The predicted octanol–water partition coefficient (Wildman–Crippen LogP) is 3.07. The maximum Gasteiger partial charge on any atom is 0.407 e. The number of carboxylic acid groups (broad SMARTS) is 1. The minimum atomic E-state index is -1.05. The second-order valence-electron chi connectivity index (χ2n) is 7.02. The van der Waals surface area contributed by atoms with Crippen LogP contribution in [-0.4, -0.2) is 59.4 Å². The summed E-state index contributed by atoms with van der Waals surface area (Å²) in [6, 6.07) is 5.18. The van der Waals surface area contributed by atoms with Crippen molar-refractivity contribution in [3.8, 4) is 5.75 Å². The van der Waals surface area contributed by atoms with Gasteiger partial charge in [0.2, 0.25) is 0 Å². The molecule has 0 saturated heterocycles. The SMILES string of the molecule is CC(C)(C)OC(=O)NCC(Oc1ccc(F)cc1)C(=O)NCCSSCCC(=O)O. The Morgan fingerprint density at radius 2 is 1.73 bits per heavy atom. The third-order valence-electron chi connectivity index (χ3n) is 3.18. The fraction of sp³-hybridized carbons (Fsp3) is 0.526. The lowest BCUT2D eigenvalue weighted by Gasteiger charge is -2.22. The van der Waals surface area contributed by atoms with Crippen LogP contribution in [0.25, 0.3) is 0 Å². The van der Waals surface area contributed by atoms with Crippen molar-refractivity contribution >= 4 is 39.6 Å². The molecule has 0 radical (unpaired) electrons. The van der Waals surface area contributed by atoms with Crippen molar-refractivity contribution < 1.29 is 33.4 Å². The van der Waals surface area contributed by atoms with E-state index in [1.165, 1.54) is 45.9 Å². The first-order chi connectivity index (χ1) is 14.1. The average Bonchev–Trinajstić information content (AvgIpc) is 2.64. The number of rotatable bonds is 12. The smallest absolute Gasteiger partial charge is 0.407 e. The second kappa shape index (κ2) is 13.2. The molecule has 2 amide bonds. The summed E-state index contributed by atoms with van der Waals surface area (Å²) >= 11 is 0. The van der Waals surface area contributed by atoms with Crippen molar-refractivity contribution in [2.75, 3.05) is 24.6 Å². The Kier molecular flexibility index (Phi) is 11.4. The molecule has 0 aliphatic heterocycles. The number of carboxylic acids is 1. The molecule has 0 aliphatic carbocycles. The summed E-state index contributed by atoms with van der Waals surface area (Å²) < 4.78 is 23.8. The molecule has 1 aromatic rings. The molecule has 1 atom stereocenters. The quantitative estimate of drug-likeness (QED) is 0.321. The van der Waals surface area contributed by atoms with E-state index in [1.807, 2.05) is 0 Å². The standard InChI is InChI=1S/C19H27FN2O6S2/c1-19(2,3)28-18(26)22-12-15(27-14-6-4-13(20)5-7-14)17(25)21-9-11-30-29-10-8-16(23)24/h4-7,15H,8-12H2,1-3H3,(H,21,25)(H,22,26)(H,23,24). The normalized spacial score (nSPS) is 12.0. The van der Waals surface area contributed by atoms with Gasteiger partial charge in [0.05, 0.1) is 13.0 Å².